The smallest absolute Gasteiger partial charge is 0.272 e. The Morgan fingerprint density at radius 2 is 2.28 bits per heavy atom. The standard InChI is InChI=1S/C14H18N2O2/c1-4-6-13(5-2)15-10-12-8-7-11(3)14(9-12)16(17)18/h1,7-9,13,15H,5-6,10H2,2-3H3. The molecule has 1 aromatic carbocycles. The molecule has 0 radical (unpaired) electrons. The lowest BCUT2D eigenvalue weighted by atomic mass is 10.1. The van der Waals surface area contributed by atoms with E-state index in [2.05, 4.69) is 18.2 Å². The van der Waals surface area contributed by atoms with Crippen molar-refractivity contribution < 1.29 is 4.92 Å². The average Bonchev–Trinajstić information content (AvgIpc) is 2.35. The van der Waals surface area contributed by atoms with Crippen LogP contribution in [0, 0.1) is 29.4 Å². The molecule has 0 spiro atoms. The molecule has 1 aromatic rings. The molecule has 0 amide bonds. The van der Waals surface area contributed by atoms with E-state index in [1.807, 2.05) is 6.07 Å². The van der Waals surface area contributed by atoms with Crippen molar-refractivity contribution in [3.8, 4) is 12.3 Å². The molecule has 4 heteroatoms. The summed E-state index contributed by atoms with van der Waals surface area (Å²) in [6, 6.07) is 5.55. The van der Waals surface area contributed by atoms with Crippen LogP contribution >= 0.6 is 0 Å². The van der Waals surface area contributed by atoms with Gasteiger partial charge in [-0.15, -0.1) is 12.3 Å². The minimum Gasteiger partial charge on any atom is -0.309 e. The molecule has 1 N–H and O–H groups in total. The number of rotatable bonds is 6. The van der Waals surface area contributed by atoms with Crippen molar-refractivity contribution in [1.82, 2.24) is 5.32 Å². The highest BCUT2D eigenvalue weighted by molar-refractivity contribution is 5.42. The quantitative estimate of drug-likeness (QED) is 0.477. The van der Waals surface area contributed by atoms with E-state index in [-0.39, 0.29) is 16.7 Å². The fourth-order valence-corrected chi connectivity index (χ4v) is 1.73. The monoisotopic (exact) mass is 246 g/mol. The van der Waals surface area contributed by atoms with Gasteiger partial charge in [0.2, 0.25) is 0 Å². The molecule has 96 valence electrons. The molecule has 0 aliphatic rings. The number of benzene rings is 1. The number of nitrogens with zero attached hydrogens (tertiary/aromatic N) is 1. The normalized spacial score (nSPS) is 11.8. The molecule has 0 aliphatic heterocycles. The van der Waals surface area contributed by atoms with E-state index in [1.165, 1.54) is 0 Å². The third-order valence-corrected chi connectivity index (χ3v) is 2.92. The van der Waals surface area contributed by atoms with Crippen molar-refractivity contribution in [2.45, 2.75) is 39.3 Å². The summed E-state index contributed by atoms with van der Waals surface area (Å²) < 4.78 is 0. The molecular formula is C14H18N2O2. The van der Waals surface area contributed by atoms with Gasteiger partial charge < -0.3 is 5.32 Å². The summed E-state index contributed by atoms with van der Waals surface area (Å²) in [5, 5.41) is 14.1. The summed E-state index contributed by atoms with van der Waals surface area (Å²) >= 11 is 0. The van der Waals surface area contributed by atoms with Gasteiger partial charge in [-0.2, -0.15) is 0 Å². The Kier molecular flexibility index (Phi) is 5.34. The first-order valence-corrected chi connectivity index (χ1v) is 5.99. The van der Waals surface area contributed by atoms with Gasteiger partial charge in [-0.3, -0.25) is 10.1 Å². The predicted molar refractivity (Wildman–Crippen MR) is 72.2 cm³/mol. The van der Waals surface area contributed by atoms with Crippen LogP contribution in [-0.2, 0) is 6.54 Å². The zero-order chi connectivity index (χ0) is 13.5. The van der Waals surface area contributed by atoms with E-state index in [4.69, 9.17) is 6.42 Å². The van der Waals surface area contributed by atoms with E-state index < -0.39 is 0 Å². The van der Waals surface area contributed by atoms with Crippen LogP contribution < -0.4 is 5.32 Å². The molecule has 1 rings (SSSR count). The second-order valence-electron chi connectivity index (χ2n) is 4.27. The van der Waals surface area contributed by atoms with Gasteiger partial charge in [0.25, 0.3) is 5.69 Å². The van der Waals surface area contributed by atoms with Gasteiger partial charge in [0.1, 0.15) is 0 Å². The number of aryl methyl sites for hydroxylation is 1. The highest BCUT2D eigenvalue weighted by Gasteiger charge is 2.11. The summed E-state index contributed by atoms with van der Waals surface area (Å²) in [7, 11) is 0. The lowest BCUT2D eigenvalue weighted by molar-refractivity contribution is -0.385. The Morgan fingerprint density at radius 1 is 1.56 bits per heavy atom. The van der Waals surface area contributed by atoms with Crippen LogP contribution in [0.1, 0.15) is 30.9 Å². The Hall–Kier alpha value is -1.86. The predicted octanol–water partition coefficient (Wildman–Crippen LogP) is 2.79. The number of hydrogen-bond donors (Lipinski definition) is 1. The average molecular weight is 246 g/mol. The summed E-state index contributed by atoms with van der Waals surface area (Å²) in [4.78, 5) is 10.5. The molecule has 0 aromatic heterocycles. The third-order valence-electron chi connectivity index (χ3n) is 2.92. The first-order valence-electron chi connectivity index (χ1n) is 5.99. The van der Waals surface area contributed by atoms with Gasteiger partial charge in [-0.1, -0.05) is 19.1 Å². The van der Waals surface area contributed by atoms with E-state index in [1.54, 1.807) is 19.1 Å². The summed E-state index contributed by atoms with van der Waals surface area (Å²) in [5.74, 6) is 2.62. The highest BCUT2D eigenvalue weighted by atomic mass is 16.6. The van der Waals surface area contributed by atoms with E-state index in [9.17, 15) is 10.1 Å². The van der Waals surface area contributed by atoms with E-state index >= 15 is 0 Å². The van der Waals surface area contributed by atoms with Gasteiger partial charge in [0.05, 0.1) is 4.92 Å². The fourth-order valence-electron chi connectivity index (χ4n) is 1.73. The molecule has 0 bridgehead atoms. The van der Waals surface area contributed by atoms with Crippen LogP contribution in [0.25, 0.3) is 0 Å². The largest absolute Gasteiger partial charge is 0.309 e. The molecule has 1 unspecified atom stereocenters. The minimum absolute atomic E-state index is 0.166. The van der Waals surface area contributed by atoms with Gasteiger partial charge in [0.15, 0.2) is 0 Å². The van der Waals surface area contributed by atoms with Crippen molar-refractivity contribution >= 4 is 5.69 Å². The molecule has 0 aliphatic carbocycles. The molecule has 1 atom stereocenters. The van der Waals surface area contributed by atoms with E-state index in [0.29, 0.717) is 18.5 Å². The first-order chi connectivity index (χ1) is 8.58. The van der Waals surface area contributed by atoms with Crippen molar-refractivity contribution in [3.63, 3.8) is 0 Å². The molecule has 0 saturated carbocycles. The second kappa shape index (κ2) is 6.77. The summed E-state index contributed by atoms with van der Waals surface area (Å²) in [6.07, 6.45) is 6.89. The molecule has 18 heavy (non-hydrogen) atoms. The number of hydrogen-bond acceptors (Lipinski definition) is 3. The van der Waals surface area contributed by atoms with Crippen LogP contribution in [0.2, 0.25) is 0 Å². The van der Waals surface area contributed by atoms with Crippen LogP contribution in [0.3, 0.4) is 0 Å². The molecular weight excluding hydrogens is 228 g/mol. The van der Waals surface area contributed by atoms with Crippen LogP contribution in [0.15, 0.2) is 18.2 Å². The Labute approximate surface area is 108 Å². The second-order valence-corrected chi connectivity index (χ2v) is 4.27. The SMILES string of the molecule is C#CCC(CC)NCc1ccc(C)c([N+](=O)[O-])c1. The number of nitro groups is 1. The Bertz CT molecular complexity index is 463. The molecule has 0 saturated heterocycles. The summed E-state index contributed by atoms with van der Waals surface area (Å²) in [5.41, 5.74) is 1.75. The number of nitrogens with one attached hydrogen (secondary N) is 1. The Balaban J connectivity index is 2.71. The highest BCUT2D eigenvalue weighted by Crippen LogP contribution is 2.19. The topological polar surface area (TPSA) is 55.2 Å². The van der Waals surface area contributed by atoms with Gasteiger partial charge in [-0.05, 0) is 18.9 Å². The molecule has 0 fully saturated rings. The van der Waals surface area contributed by atoms with Crippen molar-refractivity contribution in [2.24, 2.45) is 0 Å². The van der Waals surface area contributed by atoms with Crippen LogP contribution in [0.5, 0.6) is 0 Å². The maximum absolute atomic E-state index is 10.8. The molecule has 0 heterocycles. The Morgan fingerprint density at radius 3 is 2.83 bits per heavy atom. The van der Waals surface area contributed by atoms with Crippen LogP contribution in [-0.4, -0.2) is 11.0 Å². The van der Waals surface area contributed by atoms with Crippen molar-refractivity contribution in [1.29, 1.82) is 0 Å². The van der Waals surface area contributed by atoms with Crippen LogP contribution in [0.4, 0.5) is 5.69 Å². The maximum Gasteiger partial charge on any atom is 0.272 e. The van der Waals surface area contributed by atoms with Gasteiger partial charge >= 0.3 is 0 Å². The van der Waals surface area contributed by atoms with Crippen molar-refractivity contribution in [2.75, 3.05) is 0 Å². The first kappa shape index (κ1) is 14.2. The fraction of sp³-hybridized carbons (Fsp3) is 0.429. The zero-order valence-corrected chi connectivity index (χ0v) is 10.8. The van der Waals surface area contributed by atoms with Gasteiger partial charge in [0, 0.05) is 30.6 Å². The number of terminal acetylenes is 1. The number of nitro benzene ring substituents is 1. The third kappa shape index (κ3) is 3.86. The minimum atomic E-state index is -0.350. The summed E-state index contributed by atoms with van der Waals surface area (Å²) in [6.45, 7) is 4.40. The lowest BCUT2D eigenvalue weighted by Gasteiger charge is -2.14. The van der Waals surface area contributed by atoms with Gasteiger partial charge in [-0.25, -0.2) is 0 Å². The lowest BCUT2D eigenvalue weighted by Crippen LogP contribution is -2.27. The maximum atomic E-state index is 10.8. The van der Waals surface area contributed by atoms with Crippen molar-refractivity contribution in [3.05, 3.63) is 39.4 Å². The van der Waals surface area contributed by atoms with E-state index in [0.717, 1.165) is 12.0 Å². The zero-order valence-electron chi connectivity index (χ0n) is 10.8. The molecule has 4 nitrogen and oxygen atoms in total.